The Morgan fingerprint density at radius 2 is 2.12 bits per heavy atom. The summed E-state index contributed by atoms with van der Waals surface area (Å²) in [6.07, 6.45) is 2.59. The molecule has 0 saturated carbocycles. The molecule has 130 valence electrons. The summed E-state index contributed by atoms with van der Waals surface area (Å²) >= 11 is 1.71. The average Bonchev–Trinajstić information content (AvgIpc) is 3.03. The number of nitrogens with one attached hydrogen (secondary N) is 2. The zero-order valence-corrected chi connectivity index (χ0v) is 15.1. The molecule has 0 aliphatic heterocycles. The first-order valence-electron chi connectivity index (χ1n) is 8.41. The predicted octanol–water partition coefficient (Wildman–Crippen LogP) is 3.18. The summed E-state index contributed by atoms with van der Waals surface area (Å²) < 4.78 is 13.2. The van der Waals surface area contributed by atoms with Crippen molar-refractivity contribution in [2.75, 3.05) is 19.6 Å². The molecule has 0 bridgehead atoms. The van der Waals surface area contributed by atoms with E-state index in [4.69, 9.17) is 0 Å². The Bertz CT molecular complexity index is 654. The van der Waals surface area contributed by atoms with Gasteiger partial charge in [-0.3, -0.25) is 4.99 Å². The van der Waals surface area contributed by atoms with Crippen molar-refractivity contribution in [1.82, 2.24) is 15.6 Å². The van der Waals surface area contributed by atoms with E-state index >= 15 is 0 Å². The van der Waals surface area contributed by atoms with Gasteiger partial charge in [-0.1, -0.05) is 19.1 Å². The number of thiazole rings is 1. The molecule has 6 heteroatoms. The van der Waals surface area contributed by atoms with E-state index in [1.165, 1.54) is 11.1 Å². The first kappa shape index (κ1) is 18.4. The van der Waals surface area contributed by atoms with E-state index < -0.39 is 0 Å². The molecule has 24 heavy (non-hydrogen) atoms. The fourth-order valence-electron chi connectivity index (χ4n) is 2.27. The van der Waals surface area contributed by atoms with E-state index in [1.54, 1.807) is 23.5 Å². The molecular formula is C18H25FN4S. The van der Waals surface area contributed by atoms with Crippen LogP contribution in [-0.2, 0) is 19.3 Å². The third kappa shape index (κ3) is 6.28. The number of rotatable bonds is 8. The Hall–Kier alpha value is -1.95. The van der Waals surface area contributed by atoms with E-state index in [0.29, 0.717) is 13.1 Å². The van der Waals surface area contributed by atoms with E-state index in [2.05, 4.69) is 32.9 Å². The minimum atomic E-state index is -0.192. The Morgan fingerprint density at radius 1 is 1.25 bits per heavy atom. The average molecular weight is 348 g/mol. The number of aryl methyl sites for hydroxylation is 1. The van der Waals surface area contributed by atoms with Crippen molar-refractivity contribution < 1.29 is 4.39 Å². The largest absolute Gasteiger partial charge is 0.357 e. The van der Waals surface area contributed by atoms with Crippen LogP contribution in [0.2, 0.25) is 0 Å². The summed E-state index contributed by atoms with van der Waals surface area (Å²) in [5.41, 5.74) is 2.09. The van der Waals surface area contributed by atoms with Crippen LogP contribution in [0.5, 0.6) is 0 Å². The molecule has 0 fully saturated rings. The number of hydrogen-bond donors (Lipinski definition) is 2. The molecule has 0 spiro atoms. The molecule has 2 N–H and O–H groups in total. The molecule has 4 nitrogen and oxygen atoms in total. The molecule has 0 atom stereocenters. The molecule has 1 aromatic carbocycles. The van der Waals surface area contributed by atoms with Crippen LogP contribution in [0, 0.1) is 5.82 Å². The molecule has 0 aliphatic carbocycles. The van der Waals surface area contributed by atoms with Crippen LogP contribution < -0.4 is 10.6 Å². The highest BCUT2D eigenvalue weighted by Crippen LogP contribution is 2.10. The molecule has 0 radical (unpaired) electrons. The van der Waals surface area contributed by atoms with Crippen molar-refractivity contribution in [3.8, 4) is 0 Å². The molecular weight excluding hydrogens is 323 g/mol. The highest BCUT2D eigenvalue weighted by Gasteiger charge is 2.01. The topological polar surface area (TPSA) is 49.3 Å². The number of aliphatic imine (C=N–C) groups is 1. The van der Waals surface area contributed by atoms with Crippen molar-refractivity contribution in [2.24, 2.45) is 4.99 Å². The molecule has 0 amide bonds. The number of benzene rings is 1. The number of nitrogens with zero attached hydrogens (tertiary/aromatic N) is 2. The van der Waals surface area contributed by atoms with Gasteiger partial charge in [0.05, 0.1) is 10.7 Å². The standard InChI is InChI=1S/C18H25FN4S/c1-3-17-23-16(13-24-17)9-11-22-18(20-4-2)21-10-8-14-6-5-7-15(19)12-14/h5-7,12-13H,3-4,8-11H2,1-2H3,(H2,20,21,22). The van der Waals surface area contributed by atoms with Gasteiger partial charge < -0.3 is 10.6 Å². The van der Waals surface area contributed by atoms with E-state index in [0.717, 1.165) is 43.0 Å². The van der Waals surface area contributed by atoms with Gasteiger partial charge in [-0.2, -0.15) is 0 Å². The van der Waals surface area contributed by atoms with E-state index in [-0.39, 0.29) is 5.82 Å². The van der Waals surface area contributed by atoms with Crippen molar-refractivity contribution in [2.45, 2.75) is 33.1 Å². The zero-order valence-electron chi connectivity index (χ0n) is 14.3. The van der Waals surface area contributed by atoms with Gasteiger partial charge in [0.15, 0.2) is 5.96 Å². The van der Waals surface area contributed by atoms with Gasteiger partial charge in [0, 0.05) is 31.4 Å². The summed E-state index contributed by atoms with van der Waals surface area (Å²) in [6.45, 7) is 6.38. The first-order chi connectivity index (χ1) is 11.7. The van der Waals surface area contributed by atoms with Gasteiger partial charge in [-0.25, -0.2) is 9.37 Å². The number of aromatic nitrogens is 1. The summed E-state index contributed by atoms with van der Waals surface area (Å²) in [5.74, 6) is 0.600. The Morgan fingerprint density at radius 3 is 2.83 bits per heavy atom. The molecule has 1 heterocycles. The van der Waals surface area contributed by atoms with Crippen LogP contribution in [0.1, 0.15) is 30.1 Å². The Balaban J connectivity index is 1.79. The summed E-state index contributed by atoms with van der Waals surface area (Å²) in [4.78, 5) is 9.13. The normalized spacial score (nSPS) is 11.5. The SMILES string of the molecule is CCNC(=NCCc1csc(CC)n1)NCCc1cccc(F)c1. The van der Waals surface area contributed by atoms with Gasteiger partial charge in [-0.05, 0) is 37.5 Å². The van der Waals surface area contributed by atoms with Crippen LogP contribution in [0.4, 0.5) is 4.39 Å². The van der Waals surface area contributed by atoms with Crippen molar-refractivity contribution in [3.63, 3.8) is 0 Å². The first-order valence-corrected chi connectivity index (χ1v) is 9.29. The number of halogens is 1. The molecule has 0 unspecified atom stereocenters. The smallest absolute Gasteiger partial charge is 0.191 e. The number of hydrogen-bond acceptors (Lipinski definition) is 3. The summed E-state index contributed by atoms with van der Waals surface area (Å²) in [7, 11) is 0. The monoisotopic (exact) mass is 348 g/mol. The fourth-order valence-corrected chi connectivity index (χ4v) is 3.05. The maximum atomic E-state index is 13.2. The molecule has 1 aromatic heterocycles. The summed E-state index contributed by atoms with van der Waals surface area (Å²) in [6, 6.07) is 6.70. The molecule has 0 aliphatic rings. The third-order valence-electron chi connectivity index (χ3n) is 3.48. The van der Waals surface area contributed by atoms with Gasteiger partial charge in [0.2, 0.25) is 0 Å². The molecule has 0 saturated heterocycles. The number of guanidine groups is 1. The van der Waals surface area contributed by atoms with Crippen LogP contribution in [0.25, 0.3) is 0 Å². The van der Waals surface area contributed by atoms with Crippen LogP contribution in [0.15, 0.2) is 34.6 Å². The van der Waals surface area contributed by atoms with Gasteiger partial charge in [0.1, 0.15) is 5.82 Å². The van der Waals surface area contributed by atoms with Crippen molar-refractivity contribution in [3.05, 3.63) is 51.7 Å². The minimum absolute atomic E-state index is 0.192. The highest BCUT2D eigenvalue weighted by atomic mass is 32.1. The van der Waals surface area contributed by atoms with E-state index in [1.807, 2.05) is 13.0 Å². The second-order valence-electron chi connectivity index (χ2n) is 5.40. The van der Waals surface area contributed by atoms with Gasteiger partial charge in [0.25, 0.3) is 0 Å². The van der Waals surface area contributed by atoms with Gasteiger partial charge >= 0.3 is 0 Å². The molecule has 2 aromatic rings. The van der Waals surface area contributed by atoms with E-state index in [9.17, 15) is 4.39 Å². The highest BCUT2D eigenvalue weighted by molar-refractivity contribution is 7.09. The van der Waals surface area contributed by atoms with Crippen molar-refractivity contribution >= 4 is 17.3 Å². The van der Waals surface area contributed by atoms with Crippen molar-refractivity contribution in [1.29, 1.82) is 0 Å². The maximum absolute atomic E-state index is 13.2. The van der Waals surface area contributed by atoms with Crippen LogP contribution >= 0.6 is 11.3 Å². The predicted molar refractivity (Wildman–Crippen MR) is 99.3 cm³/mol. The third-order valence-corrected chi connectivity index (χ3v) is 4.52. The Kier molecular flexibility index (Phi) is 7.68. The second-order valence-corrected chi connectivity index (χ2v) is 6.35. The molecule has 2 rings (SSSR count). The van der Waals surface area contributed by atoms with Crippen LogP contribution in [0.3, 0.4) is 0 Å². The lowest BCUT2D eigenvalue weighted by Crippen LogP contribution is -2.38. The fraction of sp³-hybridized carbons (Fsp3) is 0.444. The zero-order chi connectivity index (χ0) is 17.2. The lowest BCUT2D eigenvalue weighted by molar-refractivity contribution is 0.625. The summed E-state index contributed by atoms with van der Waals surface area (Å²) in [5, 5.41) is 9.80. The maximum Gasteiger partial charge on any atom is 0.191 e. The second kappa shape index (κ2) is 10.0. The minimum Gasteiger partial charge on any atom is -0.357 e. The van der Waals surface area contributed by atoms with Gasteiger partial charge in [-0.15, -0.1) is 11.3 Å². The lowest BCUT2D eigenvalue weighted by Gasteiger charge is -2.11. The Labute approximate surface area is 147 Å². The quantitative estimate of drug-likeness (QED) is 0.569. The lowest BCUT2D eigenvalue weighted by atomic mass is 10.1. The van der Waals surface area contributed by atoms with Crippen LogP contribution in [-0.4, -0.2) is 30.6 Å².